The molecule has 1 amide bonds. The van der Waals surface area contributed by atoms with E-state index < -0.39 is 0 Å². The minimum Gasteiger partial charge on any atom is -0.395 e. The van der Waals surface area contributed by atoms with E-state index in [1.54, 1.807) is 19.1 Å². The van der Waals surface area contributed by atoms with Crippen LogP contribution in [0, 0.1) is 11.7 Å². The third-order valence-electron chi connectivity index (χ3n) is 7.72. The number of hydrogen-bond donors (Lipinski definition) is 1. The molecule has 170 valence electrons. The Bertz CT molecular complexity index is 967. The molecule has 3 heterocycles. The lowest BCUT2D eigenvalue weighted by Crippen LogP contribution is -2.85. The fourth-order valence-electron chi connectivity index (χ4n) is 5.99. The molecule has 0 radical (unpaired) electrons. The number of carbonyl (C=O) groups excluding carboxylic acids is 1. The van der Waals surface area contributed by atoms with Crippen molar-refractivity contribution in [2.24, 2.45) is 5.92 Å². The molecule has 0 bridgehead atoms. The second kappa shape index (κ2) is 8.58. The summed E-state index contributed by atoms with van der Waals surface area (Å²) in [4.78, 5) is 16.4. The van der Waals surface area contributed by atoms with Crippen LogP contribution in [-0.4, -0.2) is 71.8 Å². The van der Waals surface area contributed by atoms with Gasteiger partial charge in [0.25, 0.3) is 0 Å². The van der Waals surface area contributed by atoms with Gasteiger partial charge < -0.3 is 14.7 Å². The van der Waals surface area contributed by atoms with Gasteiger partial charge in [-0.2, -0.15) is 0 Å². The minimum atomic E-state index is -0.243. The number of aliphatic hydroxyl groups is 1. The molecular weight excluding hydrogens is 407 g/mol. The monoisotopic (exact) mass is 438 g/mol. The highest BCUT2D eigenvalue weighted by atomic mass is 19.1. The van der Waals surface area contributed by atoms with Crippen molar-refractivity contribution in [1.82, 2.24) is 9.80 Å². The number of ether oxygens (including phenoxy) is 1. The maximum atomic E-state index is 13.6. The summed E-state index contributed by atoms with van der Waals surface area (Å²) in [6.45, 7) is 5.69. The van der Waals surface area contributed by atoms with E-state index in [4.69, 9.17) is 4.74 Å². The van der Waals surface area contributed by atoms with Crippen LogP contribution in [0.25, 0.3) is 11.1 Å². The van der Waals surface area contributed by atoms with Crippen LogP contribution in [0.4, 0.5) is 4.39 Å². The van der Waals surface area contributed by atoms with Crippen molar-refractivity contribution in [3.63, 3.8) is 0 Å². The van der Waals surface area contributed by atoms with Gasteiger partial charge in [0.05, 0.1) is 12.1 Å². The molecule has 3 saturated heterocycles. The van der Waals surface area contributed by atoms with Crippen LogP contribution in [-0.2, 0) is 9.53 Å². The molecule has 0 aromatic heterocycles. The van der Waals surface area contributed by atoms with Gasteiger partial charge >= 0.3 is 0 Å². The van der Waals surface area contributed by atoms with Crippen LogP contribution in [0.5, 0.6) is 0 Å². The Hall–Kier alpha value is -2.28. The Kier molecular flexibility index (Phi) is 5.78. The van der Waals surface area contributed by atoms with E-state index in [0.29, 0.717) is 19.0 Å². The molecular formula is C26H31FN2O3. The van der Waals surface area contributed by atoms with Gasteiger partial charge in [-0.3, -0.25) is 9.69 Å². The summed E-state index contributed by atoms with van der Waals surface area (Å²) in [6, 6.07) is 15.0. The second-order valence-corrected chi connectivity index (χ2v) is 9.55. The largest absolute Gasteiger partial charge is 0.395 e. The zero-order valence-corrected chi connectivity index (χ0v) is 18.5. The highest BCUT2D eigenvalue weighted by Gasteiger charge is 2.66. The van der Waals surface area contributed by atoms with Crippen molar-refractivity contribution in [2.75, 3.05) is 39.5 Å². The first-order valence-electron chi connectivity index (χ1n) is 11.6. The summed E-state index contributed by atoms with van der Waals surface area (Å²) in [6.07, 6.45) is 2.10. The fraction of sp³-hybridized carbons (Fsp3) is 0.500. The molecule has 3 aliphatic heterocycles. The number of amides is 1. The molecule has 5 rings (SSSR count). The van der Waals surface area contributed by atoms with Gasteiger partial charge in [0, 0.05) is 51.7 Å². The Labute approximate surface area is 188 Å². The number of aliphatic hydroxyl groups excluding tert-OH is 1. The number of benzene rings is 2. The third-order valence-corrected chi connectivity index (χ3v) is 7.72. The number of hydrogen-bond acceptors (Lipinski definition) is 4. The fourth-order valence-corrected chi connectivity index (χ4v) is 5.99. The number of nitrogens with zero attached hydrogens (tertiary/aromatic N) is 2. The number of carbonyl (C=O) groups is 1. The molecule has 1 N–H and O–H groups in total. The van der Waals surface area contributed by atoms with E-state index >= 15 is 0 Å². The molecule has 0 unspecified atom stereocenters. The summed E-state index contributed by atoms with van der Waals surface area (Å²) in [7, 11) is 0. The average molecular weight is 439 g/mol. The normalized spacial score (nSPS) is 25.4. The van der Waals surface area contributed by atoms with Crippen LogP contribution in [0.15, 0.2) is 48.5 Å². The van der Waals surface area contributed by atoms with Gasteiger partial charge in [0.15, 0.2) is 0 Å². The van der Waals surface area contributed by atoms with Crippen molar-refractivity contribution in [3.05, 3.63) is 59.9 Å². The molecule has 2 aromatic rings. The molecule has 2 atom stereocenters. The molecule has 0 saturated carbocycles. The van der Waals surface area contributed by atoms with E-state index in [1.165, 1.54) is 11.6 Å². The van der Waals surface area contributed by atoms with Crippen molar-refractivity contribution >= 4 is 5.91 Å². The second-order valence-electron chi connectivity index (χ2n) is 9.55. The van der Waals surface area contributed by atoms with Gasteiger partial charge in [-0.25, -0.2) is 4.39 Å². The van der Waals surface area contributed by atoms with Crippen LogP contribution in [0.3, 0.4) is 0 Å². The molecule has 2 aromatic carbocycles. The SMILES string of the molecule is CC(=O)N1CC2(C1)[C@H](c1ccc(-c3cccc(F)c3)cc1)[C@@H](CO)N2CC1CCOCC1. The Balaban J connectivity index is 1.40. The molecule has 5 nitrogen and oxygen atoms in total. The van der Waals surface area contributed by atoms with Crippen molar-refractivity contribution in [1.29, 1.82) is 0 Å². The van der Waals surface area contributed by atoms with Crippen molar-refractivity contribution < 1.29 is 19.0 Å². The topological polar surface area (TPSA) is 53.0 Å². The highest BCUT2D eigenvalue weighted by Crippen LogP contribution is 2.54. The number of likely N-dealkylation sites (tertiary alicyclic amines) is 2. The van der Waals surface area contributed by atoms with Crippen molar-refractivity contribution in [3.8, 4) is 11.1 Å². The molecule has 32 heavy (non-hydrogen) atoms. The van der Waals surface area contributed by atoms with Gasteiger partial charge in [-0.15, -0.1) is 0 Å². The predicted molar refractivity (Wildman–Crippen MR) is 121 cm³/mol. The molecule has 6 heteroatoms. The first-order valence-corrected chi connectivity index (χ1v) is 11.6. The lowest BCUT2D eigenvalue weighted by molar-refractivity contribution is -0.200. The van der Waals surface area contributed by atoms with E-state index in [9.17, 15) is 14.3 Å². The molecule has 0 aliphatic carbocycles. The first kappa shape index (κ1) is 21.6. The van der Waals surface area contributed by atoms with Gasteiger partial charge in [0.2, 0.25) is 5.91 Å². The van der Waals surface area contributed by atoms with E-state index in [0.717, 1.165) is 43.7 Å². The molecule has 1 spiro atoms. The molecule has 3 aliphatic rings. The van der Waals surface area contributed by atoms with Crippen LogP contribution in [0.1, 0.15) is 31.2 Å². The van der Waals surface area contributed by atoms with E-state index in [2.05, 4.69) is 17.0 Å². The summed E-state index contributed by atoms with van der Waals surface area (Å²) < 4.78 is 19.2. The smallest absolute Gasteiger partial charge is 0.219 e. The third kappa shape index (κ3) is 3.64. The van der Waals surface area contributed by atoms with Gasteiger partial charge in [0.1, 0.15) is 5.82 Å². The maximum Gasteiger partial charge on any atom is 0.219 e. The summed E-state index contributed by atoms with van der Waals surface area (Å²) >= 11 is 0. The van der Waals surface area contributed by atoms with Gasteiger partial charge in [-0.1, -0.05) is 36.4 Å². The average Bonchev–Trinajstić information content (AvgIpc) is 2.76. The molecule has 3 fully saturated rings. The van der Waals surface area contributed by atoms with Crippen LogP contribution >= 0.6 is 0 Å². The van der Waals surface area contributed by atoms with Crippen LogP contribution in [0.2, 0.25) is 0 Å². The zero-order valence-electron chi connectivity index (χ0n) is 18.5. The lowest BCUT2D eigenvalue weighted by Gasteiger charge is -2.71. The summed E-state index contributed by atoms with van der Waals surface area (Å²) in [5.74, 6) is 0.601. The highest BCUT2D eigenvalue weighted by molar-refractivity contribution is 5.75. The standard InChI is InChI=1S/C26H31FN2O3/c1-18(31)28-16-26(17-28)25(24(15-30)29(26)14-19-9-11-32-12-10-19)21-7-5-20(6-8-21)22-3-2-4-23(27)13-22/h2-8,13,19,24-25,30H,9-12,14-17H2,1H3/t24-,25-/m1/s1. The van der Waals surface area contributed by atoms with E-state index in [-0.39, 0.29) is 35.8 Å². The summed E-state index contributed by atoms with van der Waals surface area (Å²) in [5.41, 5.74) is 2.89. The lowest BCUT2D eigenvalue weighted by atomic mass is 9.60. The maximum absolute atomic E-state index is 13.6. The number of rotatable bonds is 5. The quantitative estimate of drug-likeness (QED) is 0.779. The minimum absolute atomic E-state index is 0.0481. The summed E-state index contributed by atoms with van der Waals surface area (Å²) in [5, 5.41) is 10.3. The Morgan fingerprint density at radius 2 is 1.84 bits per heavy atom. The Morgan fingerprint density at radius 3 is 2.47 bits per heavy atom. The van der Waals surface area contributed by atoms with Gasteiger partial charge in [-0.05, 0) is 47.6 Å². The first-order chi connectivity index (χ1) is 15.5. The Morgan fingerprint density at radius 1 is 1.12 bits per heavy atom. The van der Waals surface area contributed by atoms with Crippen LogP contribution < -0.4 is 0 Å². The van der Waals surface area contributed by atoms with Crippen molar-refractivity contribution in [2.45, 2.75) is 37.3 Å². The zero-order chi connectivity index (χ0) is 22.3. The predicted octanol–water partition coefficient (Wildman–Crippen LogP) is 3.28. The number of halogens is 1. The van der Waals surface area contributed by atoms with E-state index in [1.807, 2.05) is 23.1 Å².